The van der Waals surface area contributed by atoms with Gasteiger partial charge in [0.1, 0.15) is 5.82 Å². The summed E-state index contributed by atoms with van der Waals surface area (Å²) in [7, 11) is 0. The highest BCUT2D eigenvalue weighted by atomic mass is 19.1. The first-order valence-corrected chi connectivity index (χ1v) is 4.71. The van der Waals surface area contributed by atoms with E-state index in [4.69, 9.17) is 4.74 Å². The van der Waals surface area contributed by atoms with Crippen molar-refractivity contribution in [3.8, 4) is 0 Å². The molecular formula is C10H9FN2O2. The minimum absolute atomic E-state index is 0.246. The number of carbonyl (C=O) groups is 1. The third-order valence-electron chi connectivity index (χ3n) is 2.84. The molecule has 1 aromatic rings. The van der Waals surface area contributed by atoms with Crippen molar-refractivity contribution >= 4 is 11.8 Å². The topological polar surface area (TPSA) is 50.4 Å². The zero-order chi connectivity index (χ0) is 10.5. The van der Waals surface area contributed by atoms with Crippen LogP contribution in [0, 0.1) is 5.82 Å². The van der Waals surface area contributed by atoms with E-state index in [-0.39, 0.29) is 5.69 Å². The Labute approximate surface area is 85.4 Å². The zero-order valence-corrected chi connectivity index (χ0v) is 7.84. The molecule has 3 rings (SSSR count). The van der Waals surface area contributed by atoms with Gasteiger partial charge in [-0.1, -0.05) is 12.1 Å². The Hall–Kier alpha value is -1.62. The van der Waals surface area contributed by atoms with E-state index in [1.54, 1.807) is 12.1 Å². The zero-order valence-electron chi connectivity index (χ0n) is 7.84. The molecule has 15 heavy (non-hydrogen) atoms. The molecular weight excluding hydrogens is 199 g/mol. The number of fused-ring (bicyclic) bond motifs is 2. The first-order valence-electron chi connectivity index (χ1n) is 4.71. The molecule has 0 aromatic heterocycles. The molecule has 1 amide bonds. The molecule has 1 saturated heterocycles. The molecule has 2 aliphatic rings. The maximum atomic E-state index is 13.5. The molecule has 1 spiro atoms. The van der Waals surface area contributed by atoms with Gasteiger partial charge in [0.25, 0.3) is 0 Å². The molecule has 0 aliphatic carbocycles. The number of rotatable bonds is 0. The highest BCUT2D eigenvalue weighted by Crippen LogP contribution is 2.39. The normalized spacial score (nSPS) is 21.3. The summed E-state index contributed by atoms with van der Waals surface area (Å²) in [5, 5.41) is 5.41. The number of carbonyl (C=O) groups excluding carboxylic acids is 1. The molecule has 2 N–H and O–H groups in total. The van der Waals surface area contributed by atoms with Crippen LogP contribution in [-0.4, -0.2) is 19.2 Å². The van der Waals surface area contributed by atoms with Crippen molar-refractivity contribution in [2.24, 2.45) is 0 Å². The van der Waals surface area contributed by atoms with E-state index in [0.717, 1.165) is 0 Å². The van der Waals surface area contributed by atoms with Gasteiger partial charge in [-0.05, 0) is 6.07 Å². The molecule has 0 saturated carbocycles. The van der Waals surface area contributed by atoms with Crippen LogP contribution >= 0.6 is 0 Å². The van der Waals surface area contributed by atoms with E-state index in [2.05, 4.69) is 10.6 Å². The monoisotopic (exact) mass is 208 g/mol. The van der Waals surface area contributed by atoms with Crippen LogP contribution in [0.2, 0.25) is 0 Å². The number of para-hydroxylation sites is 1. The fourth-order valence-corrected chi connectivity index (χ4v) is 2.01. The lowest BCUT2D eigenvalue weighted by Crippen LogP contribution is -2.61. The van der Waals surface area contributed by atoms with E-state index in [1.165, 1.54) is 6.07 Å². The Morgan fingerprint density at radius 2 is 2.20 bits per heavy atom. The van der Waals surface area contributed by atoms with Gasteiger partial charge in [0.2, 0.25) is 0 Å². The summed E-state index contributed by atoms with van der Waals surface area (Å²) in [6, 6.07) is 4.72. The van der Waals surface area contributed by atoms with Gasteiger partial charge in [-0.15, -0.1) is 0 Å². The van der Waals surface area contributed by atoms with E-state index < -0.39 is 17.5 Å². The summed E-state index contributed by atoms with van der Waals surface area (Å²) >= 11 is 0. The smallest absolute Gasteiger partial charge is 0.412 e. The summed E-state index contributed by atoms with van der Waals surface area (Å²) in [5.74, 6) is -0.421. The average Bonchev–Trinajstić information content (AvgIpc) is 2.16. The summed E-state index contributed by atoms with van der Waals surface area (Å²) in [6.07, 6.45) is -0.589. The number of hydrogen-bond donors (Lipinski definition) is 2. The number of halogens is 1. The Balaban J connectivity index is 2.18. The number of nitrogens with one attached hydrogen (secondary N) is 2. The third-order valence-corrected chi connectivity index (χ3v) is 2.84. The lowest BCUT2D eigenvalue weighted by molar-refractivity contribution is -0.0299. The minimum Gasteiger partial charge on any atom is -0.435 e. The summed E-state index contributed by atoms with van der Waals surface area (Å²) in [5.41, 5.74) is 0.288. The van der Waals surface area contributed by atoms with Crippen LogP contribution in [0.4, 0.5) is 14.9 Å². The van der Waals surface area contributed by atoms with E-state index in [0.29, 0.717) is 18.7 Å². The van der Waals surface area contributed by atoms with Crippen molar-refractivity contribution in [1.82, 2.24) is 5.32 Å². The lowest BCUT2D eigenvalue weighted by Gasteiger charge is -2.45. The van der Waals surface area contributed by atoms with Gasteiger partial charge in [-0.2, -0.15) is 0 Å². The van der Waals surface area contributed by atoms with Gasteiger partial charge in [0.15, 0.2) is 5.60 Å². The maximum Gasteiger partial charge on any atom is 0.412 e. The summed E-state index contributed by atoms with van der Waals surface area (Å²) in [6.45, 7) is 1.08. The lowest BCUT2D eigenvalue weighted by atomic mass is 9.85. The van der Waals surface area contributed by atoms with Gasteiger partial charge in [-0.3, -0.25) is 5.32 Å². The van der Waals surface area contributed by atoms with E-state index in [9.17, 15) is 9.18 Å². The Morgan fingerprint density at radius 3 is 2.87 bits per heavy atom. The van der Waals surface area contributed by atoms with Crippen molar-refractivity contribution in [1.29, 1.82) is 0 Å². The van der Waals surface area contributed by atoms with Crippen molar-refractivity contribution < 1.29 is 13.9 Å². The number of ether oxygens (including phenoxy) is 1. The predicted octanol–water partition coefficient (Wildman–Crippen LogP) is 1.19. The summed E-state index contributed by atoms with van der Waals surface area (Å²) < 4.78 is 18.7. The van der Waals surface area contributed by atoms with Crippen LogP contribution in [0.15, 0.2) is 18.2 Å². The van der Waals surface area contributed by atoms with Crippen LogP contribution in [0.3, 0.4) is 0 Å². The summed E-state index contributed by atoms with van der Waals surface area (Å²) in [4.78, 5) is 11.3. The van der Waals surface area contributed by atoms with Crippen LogP contribution in [0.25, 0.3) is 0 Å². The van der Waals surface area contributed by atoms with Crippen molar-refractivity contribution in [3.05, 3.63) is 29.6 Å². The molecule has 0 radical (unpaired) electrons. The second kappa shape index (κ2) is 2.70. The molecule has 0 bridgehead atoms. The first-order chi connectivity index (χ1) is 7.21. The van der Waals surface area contributed by atoms with Gasteiger partial charge >= 0.3 is 6.09 Å². The van der Waals surface area contributed by atoms with Gasteiger partial charge in [0, 0.05) is 18.7 Å². The first kappa shape index (κ1) is 8.67. The predicted molar refractivity (Wildman–Crippen MR) is 51.1 cm³/mol. The van der Waals surface area contributed by atoms with Crippen molar-refractivity contribution in [3.63, 3.8) is 0 Å². The maximum absolute atomic E-state index is 13.5. The molecule has 1 aromatic carbocycles. The van der Waals surface area contributed by atoms with Gasteiger partial charge in [0.05, 0.1) is 5.69 Å². The molecule has 2 heterocycles. The van der Waals surface area contributed by atoms with Crippen LogP contribution in [0.5, 0.6) is 0 Å². The third kappa shape index (κ3) is 1.07. The van der Waals surface area contributed by atoms with Crippen molar-refractivity contribution in [2.75, 3.05) is 18.4 Å². The van der Waals surface area contributed by atoms with E-state index in [1.807, 2.05) is 0 Å². The minimum atomic E-state index is -0.667. The molecule has 5 heteroatoms. The van der Waals surface area contributed by atoms with Crippen LogP contribution in [0.1, 0.15) is 5.56 Å². The fraction of sp³-hybridized carbons (Fsp3) is 0.300. The van der Waals surface area contributed by atoms with Gasteiger partial charge < -0.3 is 10.1 Å². The molecule has 1 fully saturated rings. The molecule has 4 nitrogen and oxygen atoms in total. The molecule has 0 atom stereocenters. The van der Waals surface area contributed by atoms with Crippen LogP contribution in [-0.2, 0) is 10.3 Å². The number of benzene rings is 1. The Kier molecular flexibility index (Phi) is 1.56. The SMILES string of the molecule is O=C1Nc2c(F)cccc2C2(CNC2)O1. The van der Waals surface area contributed by atoms with E-state index >= 15 is 0 Å². The quantitative estimate of drug-likeness (QED) is 0.673. The Bertz CT molecular complexity index is 443. The number of anilines is 1. The number of amides is 1. The average molecular weight is 208 g/mol. The highest BCUT2D eigenvalue weighted by Gasteiger charge is 2.47. The fourth-order valence-electron chi connectivity index (χ4n) is 2.01. The molecule has 0 unspecified atom stereocenters. The Morgan fingerprint density at radius 1 is 1.40 bits per heavy atom. The van der Waals surface area contributed by atoms with Gasteiger partial charge in [-0.25, -0.2) is 9.18 Å². The molecule has 2 aliphatic heterocycles. The largest absolute Gasteiger partial charge is 0.435 e. The second-order valence-corrected chi connectivity index (χ2v) is 3.77. The van der Waals surface area contributed by atoms with Crippen LogP contribution < -0.4 is 10.6 Å². The van der Waals surface area contributed by atoms with Crippen molar-refractivity contribution in [2.45, 2.75) is 5.60 Å². The number of hydrogen-bond acceptors (Lipinski definition) is 3. The standard InChI is InChI=1S/C10H9FN2O2/c11-7-3-1-2-6-8(7)13-9(14)15-10(6)4-12-5-10/h1-3,12H,4-5H2,(H,13,14). The highest BCUT2D eigenvalue weighted by molar-refractivity contribution is 5.89. The second-order valence-electron chi connectivity index (χ2n) is 3.77. The molecule has 78 valence electrons.